The molecule has 1 unspecified atom stereocenters. The van der Waals surface area contributed by atoms with Gasteiger partial charge in [0.1, 0.15) is 0 Å². The summed E-state index contributed by atoms with van der Waals surface area (Å²) in [7, 11) is 1.73. The molecule has 2 N–H and O–H groups in total. The van der Waals surface area contributed by atoms with Gasteiger partial charge in [-0.05, 0) is 26.8 Å². The molecule has 0 aliphatic heterocycles. The second-order valence-electron chi connectivity index (χ2n) is 3.60. The first-order valence-corrected chi connectivity index (χ1v) is 5.12. The van der Waals surface area contributed by atoms with Crippen LogP contribution < -0.4 is 5.73 Å². The van der Waals surface area contributed by atoms with Crippen LogP contribution in [0, 0.1) is 0 Å². The Morgan fingerprint density at radius 3 is 2.31 bits per heavy atom. The van der Waals surface area contributed by atoms with Gasteiger partial charge in [0, 0.05) is 26.2 Å². The summed E-state index contributed by atoms with van der Waals surface area (Å²) in [6.45, 7) is 9.40. The highest BCUT2D eigenvalue weighted by Crippen LogP contribution is 2.02. The lowest BCUT2D eigenvalue weighted by Gasteiger charge is -2.26. The Balaban J connectivity index is 3.69. The summed E-state index contributed by atoms with van der Waals surface area (Å²) in [5.74, 6) is 0. The predicted molar refractivity (Wildman–Crippen MR) is 56.9 cm³/mol. The summed E-state index contributed by atoms with van der Waals surface area (Å²) < 4.78 is 5.22. The van der Waals surface area contributed by atoms with Crippen molar-refractivity contribution in [2.24, 2.45) is 5.73 Å². The monoisotopic (exact) mass is 188 g/mol. The van der Waals surface area contributed by atoms with Gasteiger partial charge in [-0.3, -0.25) is 0 Å². The van der Waals surface area contributed by atoms with E-state index in [0.717, 1.165) is 19.5 Å². The average Bonchev–Trinajstić information content (AvgIpc) is 2.12. The highest BCUT2D eigenvalue weighted by molar-refractivity contribution is 4.65. The van der Waals surface area contributed by atoms with Gasteiger partial charge < -0.3 is 15.4 Å². The van der Waals surface area contributed by atoms with Gasteiger partial charge in [-0.25, -0.2) is 0 Å². The van der Waals surface area contributed by atoms with E-state index in [1.807, 2.05) is 0 Å². The molecule has 0 saturated heterocycles. The number of nitrogens with zero attached hydrogens (tertiary/aromatic N) is 1. The minimum atomic E-state index is 0.216. The second kappa shape index (κ2) is 7.30. The van der Waals surface area contributed by atoms with Gasteiger partial charge >= 0.3 is 0 Å². The Morgan fingerprint density at radius 1 is 1.38 bits per heavy atom. The normalized spacial score (nSPS) is 14.1. The van der Waals surface area contributed by atoms with E-state index in [-0.39, 0.29) is 6.10 Å². The Hall–Kier alpha value is -0.120. The smallest absolute Gasteiger partial charge is 0.0705 e. The standard InChI is InChI=1S/C10H24N2O/c1-5-12(9(2)3)7-6-10(8-11)13-4/h9-10H,5-8,11H2,1-4H3. The first-order chi connectivity index (χ1) is 6.15. The van der Waals surface area contributed by atoms with Crippen LogP contribution in [-0.4, -0.2) is 43.8 Å². The second-order valence-corrected chi connectivity index (χ2v) is 3.60. The third kappa shape index (κ3) is 5.24. The van der Waals surface area contributed by atoms with Gasteiger partial charge in [0.25, 0.3) is 0 Å². The molecular weight excluding hydrogens is 164 g/mol. The molecule has 1 atom stereocenters. The Kier molecular flexibility index (Phi) is 7.23. The topological polar surface area (TPSA) is 38.5 Å². The number of hydrogen-bond acceptors (Lipinski definition) is 3. The van der Waals surface area contributed by atoms with E-state index < -0.39 is 0 Å². The molecule has 0 aliphatic rings. The van der Waals surface area contributed by atoms with Crippen LogP contribution in [0.25, 0.3) is 0 Å². The van der Waals surface area contributed by atoms with Gasteiger partial charge in [0.05, 0.1) is 6.10 Å². The van der Waals surface area contributed by atoms with Gasteiger partial charge in [0.2, 0.25) is 0 Å². The maximum atomic E-state index is 5.54. The van der Waals surface area contributed by atoms with Crippen LogP contribution in [0.15, 0.2) is 0 Å². The highest BCUT2D eigenvalue weighted by Gasteiger charge is 2.10. The molecule has 80 valence electrons. The number of nitrogens with two attached hydrogens (primary N) is 1. The summed E-state index contributed by atoms with van der Waals surface area (Å²) in [5, 5.41) is 0. The van der Waals surface area contributed by atoms with Crippen LogP contribution in [0.3, 0.4) is 0 Å². The van der Waals surface area contributed by atoms with Crippen molar-refractivity contribution >= 4 is 0 Å². The van der Waals surface area contributed by atoms with Crippen LogP contribution in [0.4, 0.5) is 0 Å². The minimum absolute atomic E-state index is 0.216. The van der Waals surface area contributed by atoms with Crippen molar-refractivity contribution in [1.29, 1.82) is 0 Å². The first-order valence-electron chi connectivity index (χ1n) is 5.12. The summed E-state index contributed by atoms with van der Waals surface area (Å²) in [6, 6.07) is 0.611. The van der Waals surface area contributed by atoms with E-state index >= 15 is 0 Å². The van der Waals surface area contributed by atoms with Crippen molar-refractivity contribution in [3.8, 4) is 0 Å². The fourth-order valence-electron chi connectivity index (χ4n) is 1.42. The van der Waals surface area contributed by atoms with Crippen LogP contribution in [0.2, 0.25) is 0 Å². The third-order valence-corrected chi connectivity index (χ3v) is 2.47. The molecule has 0 aromatic heterocycles. The van der Waals surface area contributed by atoms with Crippen molar-refractivity contribution in [1.82, 2.24) is 4.90 Å². The van der Waals surface area contributed by atoms with Crippen molar-refractivity contribution in [3.63, 3.8) is 0 Å². The quantitative estimate of drug-likeness (QED) is 0.650. The van der Waals surface area contributed by atoms with Crippen LogP contribution in [0.1, 0.15) is 27.2 Å². The van der Waals surface area contributed by atoms with Gasteiger partial charge in [-0.15, -0.1) is 0 Å². The first kappa shape index (κ1) is 12.9. The fraction of sp³-hybridized carbons (Fsp3) is 1.00. The lowest BCUT2D eigenvalue weighted by molar-refractivity contribution is 0.0855. The average molecular weight is 188 g/mol. The van der Waals surface area contributed by atoms with E-state index in [1.165, 1.54) is 0 Å². The number of rotatable bonds is 7. The molecular formula is C10H24N2O. The summed E-state index contributed by atoms with van der Waals surface area (Å²) >= 11 is 0. The minimum Gasteiger partial charge on any atom is -0.380 e. The van der Waals surface area contributed by atoms with Gasteiger partial charge in [-0.1, -0.05) is 6.92 Å². The molecule has 0 aliphatic carbocycles. The zero-order valence-corrected chi connectivity index (χ0v) is 9.42. The van der Waals surface area contributed by atoms with Crippen LogP contribution in [-0.2, 0) is 4.74 Å². The van der Waals surface area contributed by atoms with E-state index in [2.05, 4.69) is 25.7 Å². The van der Waals surface area contributed by atoms with Crippen molar-refractivity contribution in [2.45, 2.75) is 39.3 Å². The van der Waals surface area contributed by atoms with Crippen LogP contribution in [0.5, 0.6) is 0 Å². The maximum Gasteiger partial charge on any atom is 0.0705 e. The van der Waals surface area contributed by atoms with Crippen molar-refractivity contribution < 1.29 is 4.74 Å². The molecule has 0 radical (unpaired) electrons. The SMILES string of the molecule is CCN(CCC(CN)OC)C(C)C. The predicted octanol–water partition coefficient (Wildman–Crippen LogP) is 1.08. The van der Waals surface area contributed by atoms with Gasteiger partial charge in [-0.2, -0.15) is 0 Å². The molecule has 0 heterocycles. The summed E-state index contributed by atoms with van der Waals surface area (Å²) in [6.07, 6.45) is 1.24. The highest BCUT2D eigenvalue weighted by atomic mass is 16.5. The van der Waals surface area contributed by atoms with E-state index in [0.29, 0.717) is 12.6 Å². The molecule has 0 fully saturated rings. The molecule has 13 heavy (non-hydrogen) atoms. The number of ether oxygens (including phenoxy) is 1. The Morgan fingerprint density at radius 2 is 2.00 bits per heavy atom. The fourth-order valence-corrected chi connectivity index (χ4v) is 1.42. The Bertz CT molecular complexity index is 113. The lowest BCUT2D eigenvalue weighted by atomic mass is 10.2. The molecule has 0 spiro atoms. The lowest BCUT2D eigenvalue weighted by Crippen LogP contribution is -2.35. The van der Waals surface area contributed by atoms with Crippen LogP contribution >= 0.6 is 0 Å². The zero-order valence-electron chi connectivity index (χ0n) is 9.42. The molecule has 0 aromatic carbocycles. The molecule has 0 aromatic rings. The molecule has 0 saturated carbocycles. The molecule has 3 heteroatoms. The third-order valence-electron chi connectivity index (χ3n) is 2.47. The zero-order chi connectivity index (χ0) is 10.3. The van der Waals surface area contributed by atoms with Gasteiger partial charge in [0.15, 0.2) is 0 Å². The van der Waals surface area contributed by atoms with E-state index in [9.17, 15) is 0 Å². The van der Waals surface area contributed by atoms with E-state index in [1.54, 1.807) is 7.11 Å². The maximum absolute atomic E-state index is 5.54. The summed E-state index contributed by atoms with van der Waals surface area (Å²) in [4.78, 5) is 2.42. The van der Waals surface area contributed by atoms with Crippen molar-refractivity contribution in [3.05, 3.63) is 0 Å². The van der Waals surface area contributed by atoms with Crippen molar-refractivity contribution in [2.75, 3.05) is 26.7 Å². The molecule has 0 bridgehead atoms. The molecule has 0 rings (SSSR count). The van der Waals surface area contributed by atoms with E-state index in [4.69, 9.17) is 10.5 Å². The molecule has 3 nitrogen and oxygen atoms in total. The largest absolute Gasteiger partial charge is 0.380 e. The summed E-state index contributed by atoms with van der Waals surface area (Å²) in [5.41, 5.74) is 5.54. The number of hydrogen-bond donors (Lipinski definition) is 1. The molecule has 0 amide bonds. The number of methoxy groups -OCH3 is 1. The Labute approximate surface area is 82.2 Å².